The molecule has 0 saturated carbocycles. The third-order valence-corrected chi connectivity index (χ3v) is 5.55. The molecule has 7 heteroatoms. The predicted molar refractivity (Wildman–Crippen MR) is 107 cm³/mol. The van der Waals surface area contributed by atoms with Gasteiger partial charge in [0, 0.05) is 17.5 Å². The van der Waals surface area contributed by atoms with Crippen molar-refractivity contribution in [3.8, 4) is 0 Å². The molecule has 0 bridgehead atoms. The number of aryl methyl sites for hydroxylation is 3. The van der Waals surface area contributed by atoms with Gasteiger partial charge in [-0.1, -0.05) is 24.3 Å². The van der Waals surface area contributed by atoms with Crippen LogP contribution in [0.25, 0.3) is 0 Å². The first kappa shape index (κ1) is 18.3. The van der Waals surface area contributed by atoms with E-state index in [2.05, 4.69) is 15.6 Å². The smallest absolute Gasteiger partial charge is 0.267 e. The van der Waals surface area contributed by atoms with Crippen LogP contribution < -0.4 is 10.6 Å². The van der Waals surface area contributed by atoms with Gasteiger partial charge in [0.25, 0.3) is 5.91 Å². The van der Waals surface area contributed by atoms with E-state index in [-0.39, 0.29) is 11.8 Å². The van der Waals surface area contributed by atoms with E-state index in [9.17, 15) is 9.59 Å². The summed E-state index contributed by atoms with van der Waals surface area (Å²) in [4.78, 5) is 29.3. The molecular weight excluding hydrogens is 366 g/mol. The number of nitrogens with one attached hydrogen (secondary N) is 2. The molecule has 0 aliphatic heterocycles. The van der Waals surface area contributed by atoms with Crippen molar-refractivity contribution in [2.45, 2.75) is 26.7 Å². The molecule has 2 heterocycles. The van der Waals surface area contributed by atoms with Crippen LogP contribution in [0.3, 0.4) is 0 Å². The summed E-state index contributed by atoms with van der Waals surface area (Å²) in [7, 11) is 0. The first-order valence-electron chi connectivity index (χ1n) is 8.18. The molecular formula is C19H19N3O2S2. The maximum Gasteiger partial charge on any atom is 0.267 e. The van der Waals surface area contributed by atoms with Crippen LogP contribution in [-0.2, 0) is 11.2 Å². The number of carbonyl (C=O) groups is 2. The number of thiazole rings is 1. The van der Waals surface area contributed by atoms with E-state index in [1.54, 1.807) is 6.07 Å². The van der Waals surface area contributed by atoms with Crippen LogP contribution in [0, 0.1) is 13.8 Å². The molecule has 134 valence electrons. The third-order valence-electron chi connectivity index (χ3n) is 3.87. The number of hydrogen-bond acceptors (Lipinski definition) is 5. The Morgan fingerprint density at radius 1 is 1.04 bits per heavy atom. The van der Waals surface area contributed by atoms with Gasteiger partial charge in [0.15, 0.2) is 5.13 Å². The number of aromatic nitrogens is 1. The SMILES string of the molecule is Cc1cccc(C)c1NC(=O)CCc1csc(NC(=O)c2cccs2)n1. The van der Waals surface area contributed by atoms with Crippen molar-refractivity contribution >= 4 is 45.3 Å². The molecule has 0 saturated heterocycles. The summed E-state index contributed by atoms with van der Waals surface area (Å²) in [5, 5.41) is 10.0. The lowest BCUT2D eigenvalue weighted by atomic mass is 10.1. The highest BCUT2D eigenvalue weighted by Crippen LogP contribution is 2.21. The molecule has 0 aliphatic carbocycles. The number of carbonyl (C=O) groups excluding carboxylic acids is 2. The largest absolute Gasteiger partial charge is 0.326 e. The molecule has 2 aromatic heterocycles. The second-order valence-corrected chi connectivity index (χ2v) is 7.70. The maximum atomic E-state index is 12.2. The molecule has 0 fully saturated rings. The van der Waals surface area contributed by atoms with Gasteiger partial charge < -0.3 is 5.32 Å². The fraction of sp³-hybridized carbons (Fsp3) is 0.211. The first-order valence-corrected chi connectivity index (χ1v) is 9.94. The van der Waals surface area contributed by atoms with Gasteiger partial charge in [-0.05, 0) is 42.8 Å². The van der Waals surface area contributed by atoms with Gasteiger partial charge in [0.1, 0.15) is 0 Å². The zero-order chi connectivity index (χ0) is 18.5. The van der Waals surface area contributed by atoms with Gasteiger partial charge in [0.05, 0.1) is 10.6 Å². The van der Waals surface area contributed by atoms with E-state index in [0.717, 1.165) is 22.5 Å². The Morgan fingerprint density at radius 2 is 1.81 bits per heavy atom. The standard InChI is InChI=1S/C19H19N3O2S2/c1-12-5-3-6-13(2)17(12)21-16(23)9-8-14-11-26-19(20-14)22-18(24)15-7-4-10-25-15/h3-7,10-11H,8-9H2,1-2H3,(H,21,23)(H,20,22,24). The van der Waals surface area contributed by atoms with Crippen molar-refractivity contribution in [3.05, 3.63) is 62.8 Å². The van der Waals surface area contributed by atoms with E-state index in [1.807, 2.05) is 48.9 Å². The molecule has 1 aromatic carbocycles. The molecule has 5 nitrogen and oxygen atoms in total. The fourth-order valence-corrected chi connectivity index (χ4v) is 3.86. The summed E-state index contributed by atoms with van der Waals surface area (Å²) in [6, 6.07) is 9.53. The molecule has 0 aliphatic rings. The van der Waals surface area contributed by atoms with Crippen molar-refractivity contribution in [1.82, 2.24) is 4.98 Å². The van der Waals surface area contributed by atoms with Crippen LogP contribution in [0.1, 0.15) is 32.9 Å². The third kappa shape index (κ3) is 4.56. The Morgan fingerprint density at radius 3 is 2.50 bits per heavy atom. The second-order valence-electron chi connectivity index (χ2n) is 5.89. The Hall–Kier alpha value is -2.51. The molecule has 2 amide bonds. The molecule has 0 spiro atoms. The Balaban J connectivity index is 1.53. The molecule has 3 aromatic rings. The minimum absolute atomic E-state index is 0.0421. The number of nitrogens with zero attached hydrogens (tertiary/aromatic N) is 1. The molecule has 2 N–H and O–H groups in total. The van der Waals surface area contributed by atoms with E-state index in [4.69, 9.17) is 0 Å². The number of rotatable bonds is 6. The average Bonchev–Trinajstić information content (AvgIpc) is 3.28. The van der Waals surface area contributed by atoms with Crippen LogP contribution in [-0.4, -0.2) is 16.8 Å². The number of thiophene rings is 1. The summed E-state index contributed by atoms with van der Waals surface area (Å²) in [5.41, 5.74) is 3.77. The number of hydrogen-bond donors (Lipinski definition) is 2. The van der Waals surface area contributed by atoms with Crippen LogP contribution in [0.5, 0.6) is 0 Å². The first-order chi connectivity index (χ1) is 12.5. The highest BCUT2D eigenvalue weighted by molar-refractivity contribution is 7.14. The number of para-hydroxylation sites is 1. The maximum absolute atomic E-state index is 12.2. The lowest BCUT2D eigenvalue weighted by Crippen LogP contribution is -2.14. The minimum Gasteiger partial charge on any atom is -0.326 e. The molecule has 0 radical (unpaired) electrons. The van der Waals surface area contributed by atoms with Gasteiger partial charge >= 0.3 is 0 Å². The number of anilines is 2. The quantitative estimate of drug-likeness (QED) is 0.649. The Bertz CT molecular complexity index is 897. The lowest BCUT2D eigenvalue weighted by Gasteiger charge is -2.11. The monoisotopic (exact) mass is 385 g/mol. The van der Waals surface area contributed by atoms with Gasteiger partial charge in [0.2, 0.25) is 5.91 Å². The van der Waals surface area contributed by atoms with Crippen molar-refractivity contribution in [3.63, 3.8) is 0 Å². The average molecular weight is 386 g/mol. The summed E-state index contributed by atoms with van der Waals surface area (Å²) in [5.74, 6) is -0.201. The van der Waals surface area contributed by atoms with E-state index < -0.39 is 0 Å². The van der Waals surface area contributed by atoms with Crippen LogP contribution >= 0.6 is 22.7 Å². The normalized spacial score (nSPS) is 10.5. The molecule has 0 atom stereocenters. The highest BCUT2D eigenvalue weighted by Gasteiger charge is 2.12. The summed E-state index contributed by atoms with van der Waals surface area (Å²) >= 11 is 2.75. The van der Waals surface area contributed by atoms with E-state index in [1.165, 1.54) is 22.7 Å². The summed E-state index contributed by atoms with van der Waals surface area (Å²) < 4.78 is 0. The fourth-order valence-electron chi connectivity index (χ4n) is 2.50. The van der Waals surface area contributed by atoms with E-state index >= 15 is 0 Å². The minimum atomic E-state index is -0.159. The van der Waals surface area contributed by atoms with Gasteiger partial charge in [-0.3, -0.25) is 14.9 Å². The molecule has 26 heavy (non-hydrogen) atoms. The lowest BCUT2D eigenvalue weighted by molar-refractivity contribution is -0.116. The summed E-state index contributed by atoms with van der Waals surface area (Å²) in [6.07, 6.45) is 0.873. The topological polar surface area (TPSA) is 71.1 Å². The second kappa shape index (κ2) is 8.25. The van der Waals surface area contributed by atoms with E-state index in [0.29, 0.717) is 22.9 Å². The van der Waals surface area contributed by atoms with Crippen molar-refractivity contribution in [2.75, 3.05) is 10.6 Å². The van der Waals surface area contributed by atoms with Gasteiger partial charge in [-0.2, -0.15) is 0 Å². The highest BCUT2D eigenvalue weighted by atomic mass is 32.1. The number of amides is 2. The molecule has 0 unspecified atom stereocenters. The Kier molecular flexibility index (Phi) is 5.80. The van der Waals surface area contributed by atoms with Gasteiger partial charge in [-0.15, -0.1) is 22.7 Å². The van der Waals surface area contributed by atoms with Crippen LogP contribution in [0.2, 0.25) is 0 Å². The zero-order valence-electron chi connectivity index (χ0n) is 14.5. The van der Waals surface area contributed by atoms with Crippen molar-refractivity contribution in [2.24, 2.45) is 0 Å². The van der Waals surface area contributed by atoms with Crippen molar-refractivity contribution < 1.29 is 9.59 Å². The molecule has 3 rings (SSSR count). The Labute approximate surface area is 160 Å². The van der Waals surface area contributed by atoms with Crippen LogP contribution in [0.4, 0.5) is 10.8 Å². The number of benzene rings is 1. The van der Waals surface area contributed by atoms with Crippen LogP contribution in [0.15, 0.2) is 41.1 Å². The zero-order valence-corrected chi connectivity index (χ0v) is 16.2. The predicted octanol–water partition coefficient (Wildman–Crippen LogP) is 4.65. The van der Waals surface area contributed by atoms with Gasteiger partial charge in [-0.25, -0.2) is 4.98 Å². The van der Waals surface area contributed by atoms with Crippen molar-refractivity contribution in [1.29, 1.82) is 0 Å². The summed E-state index contributed by atoms with van der Waals surface area (Å²) in [6.45, 7) is 3.96.